The van der Waals surface area contributed by atoms with Gasteiger partial charge in [0.2, 0.25) is 0 Å². The Kier molecular flexibility index (Phi) is 10.6. The van der Waals surface area contributed by atoms with Crippen LogP contribution >= 0.6 is 0 Å². The summed E-state index contributed by atoms with van der Waals surface area (Å²) < 4.78 is 0. The van der Waals surface area contributed by atoms with Crippen LogP contribution in [0.15, 0.2) is 0 Å². The number of carboxylic acids is 4. The molecule has 0 spiro atoms. The maximum Gasteiger partial charge on any atom is 0.333 e. The van der Waals surface area contributed by atoms with E-state index in [9.17, 15) is 19.2 Å². The minimum atomic E-state index is -1.83. The zero-order valence-corrected chi connectivity index (χ0v) is 13.8. The summed E-state index contributed by atoms with van der Waals surface area (Å²) in [5, 5.41) is 51.6. The van der Waals surface area contributed by atoms with Gasteiger partial charge in [0, 0.05) is 0 Å². The van der Waals surface area contributed by atoms with Crippen LogP contribution in [0.5, 0.6) is 0 Å². The first-order valence-corrected chi connectivity index (χ1v) is 7.02. The van der Waals surface area contributed by atoms with E-state index in [0.29, 0.717) is 0 Å². The van der Waals surface area contributed by atoms with Crippen molar-refractivity contribution in [3.05, 3.63) is 0 Å². The number of aliphatic hydroxyl groups excluding tert-OH is 2. The summed E-state index contributed by atoms with van der Waals surface area (Å²) in [4.78, 5) is 41.4. The number of rotatable bonds is 8. The van der Waals surface area contributed by atoms with Crippen LogP contribution in [-0.4, -0.2) is 66.7 Å². The molecule has 4 unspecified atom stereocenters. The molecule has 10 nitrogen and oxygen atoms in total. The maximum atomic E-state index is 10.5. The van der Waals surface area contributed by atoms with E-state index in [2.05, 4.69) is 0 Å². The minimum Gasteiger partial charge on any atom is -0.481 e. The van der Waals surface area contributed by atoms with E-state index in [0.717, 1.165) is 0 Å². The molecule has 10 heteroatoms. The quantitative estimate of drug-likeness (QED) is 0.334. The van der Waals surface area contributed by atoms with Crippen LogP contribution in [0.1, 0.15) is 27.7 Å². The Balaban J connectivity index is 0. The van der Waals surface area contributed by atoms with Gasteiger partial charge < -0.3 is 30.6 Å². The molecule has 24 heavy (non-hydrogen) atoms. The average Bonchev–Trinajstić information content (AvgIpc) is 2.37. The number of aliphatic hydroxyl groups is 2. The van der Waals surface area contributed by atoms with Crippen molar-refractivity contribution in [2.75, 3.05) is 0 Å². The van der Waals surface area contributed by atoms with Gasteiger partial charge in [0.25, 0.3) is 0 Å². The molecule has 0 saturated heterocycles. The Bertz CT molecular complexity index is 414. The van der Waals surface area contributed by atoms with Crippen molar-refractivity contribution < 1.29 is 49.8 Å². The number of carboxylic acid groups (broad SMARTS) is 4. The summed E-state index contributed by atoms with van der Waals surface area (Å²) in [7, 11) is 0. The summed E-state index contributed by atoms with van der Waals surface area (Å²) in [5.41, 5.74) is 0. The van der Waals surface area contributed by atoms with Gasteiger partial charge in [-0.05, 0) is 11.8 Å². The second-order valence-electron chi connectivity index (χ2n) is 5.78. The van der Waals surface area contributed by atoms with Gasteiger partial charge in [-0.25, -0.2) is 9.59 Å². The highest BCUT2D eigenvalue weighted by molar-refractivity contribution is 5.82. The Morgan fingerprint density at radius 3 is 0.792 bits per heavy atom. The first-order chi connectivity index (χ1) is 10.7. The average molecular weight is 352 g/mol. The summed E-state index contributed by atoms with van der Waals surface area (Å²) >= 11 is 0. The van der Waals surface area contributed by atoms with Crippen molar-refractivity contribution in [1.82, 2.24) is 0 Å². The number of hydrogen-bond acceptors (Lipinski definition) is 6. The van der Waals surface area contributed by atoms with Crippen molar-refractivity contribution in [3.8, 4) is 0 Å². The molecule has 4 atom stereocenters. The van der Waals surface area contributed by atoms with E-state index in [1.807, 2.05) is 0 Å². The molecule has 0 fully saturated rings. The van der Waals surface area contributed by atoms with Gasteiger partial charge in [-0.2, -0.15) is 0 Å². The van der Waals surface area contributed by atoms with E-state index in [1.165, 1.54) is 0 Å². The Morgan fingerprint density at radius 1 is 0.542 bits per heavy atom. The minimum absolute atomic E-state index is 0.409. The molecular formula is C14H24O10. The topological polar surface area (TPSA) is 190 Å². The van der Waals surface area contributed by atoms with E-state index >= 15 is 0 Å². The Labute approximate surface area is 138 Å². The largest absolute Gasteiger partial charge is 0.481 e. The highest BCUT2D eigenvalue weighted by Gasteiger charge is 2.35. The highest BCUT2D eigenvalue weighted by Crippen LogP contribution is 2.16. The van der Waals surface area contributed by atoms with Crippen molar-refractivity contribution in [1.29, 1.82) is 0 Å². The van der Waals surface area contributed by atoms with Gasteiger partial charge in [-0.3, -0.25) is 9.59 Å². The van der Waals surface area contributed by atoms with Gasteiger partial charge in [0.1, 0.15) is 0 Å². The van der Waals surface area contributed by atoms with Crippen LogP contribution in [-0.2, 0) is 19.2 Å². The lowest BCUT2D eigenvalue weighted by atomic mass is 9.90. The Morgan fingerprint density at radius 2 is 0.750 bits per heavy atom. The van der Waals surface area contributed by atoms with Gasteiger partial charge >= 0.3 is 23.9 Å². The summed E-state index contributed by atoms with van der Waals surface area (Å²) in [6.45, 7) is 6.19. The molecule has 0 aliphatic rings. The predicted octanol–water partition coefficient (Wildman–Crippen LogP) is -0.423. The molecular weight excluding hydrogens is 328 g/mol. The monoisotopic (exact) mass is 352 g/mol. The van der Waals surface area contributed by atoms with Crippen LogP contribution < -0.4 is 0 Å². The van der Waals surface area contributed by atoms with E-state index in [4.69, 9.17) is 30.6 Å². The number of aliphatic carboxylic acids is 4. The van der Waals surface area contributed by atoms with Gasteiger partial charge in [0.15, 0.2) is 12.2 Å². The summed E-state index contributed by atoms with van der Waals surface area (Å²) in [6, 6.07) is 0. The Hall–Kier alpha value is -2.20. The molecule has 0 rings (SSSR count). The second kappa shape index (κ2) is 10.6. The molecule has 0 bridgehead atoms. The smallest absolute Gasteiger partial charge is 0.333 e. The van der Waals surface area contributed by atoms with Crippen molar-refractivity contribution in [2.24, 2.45) is 23.7 Å². The zero-order chi connectivity index (χ0) is 19.8. The predicted molar refractivity (Wildman–Crippen MR) is 79.2 cm³/mol. The molecule has 0 amide bonds. The van der Waals surface area contributed by atoms with E-state index < -0.39 is 59.8 Å². The van der Waals surface area contributed by atoms with Gasteiger partial charge in [-0.15, -0.1) is 0 Å². The fraction of sp³-hybridized carbons (Fsp3) is 0.714. The van der Waals surface area contributed by atoms with Crippen molar-refractivity contribution in [2.45, 2.75) is 39.9 Å². The second-order valence-corrected chi connectivity index (χ2v) is 5.78. The highest BCUT2D eigenvalue weighted by atomic mass is 16.4. The number of hydrogen-bond donors (Lipinski definition) is 6. The molecule has 0 aliphatic heterocycles. The summed E-state index contributed by atoms with van der Waals surface area (Å²) in [5.74, 6) is -8.90. The standard InChI is InChI=1S/2C7H12O5/c2*1-3(2)4(6(9)10)5(8)7(11)12/h2*3-5,8H,1-2H3,(H,9,10)(H,11,12). The van der Waals surface area contributed by atoms with Crippen LogP contribution in [0.25, 0.3) is 0 Å². The first kappa shape index (κ1) is 24.1. The van der Waals surface area contributed by atoms with Crippen LogP contribution in [0.2, 0.25) is 0 Å². The lowest BCUT2D eigenvalue weighted by Gasteiger charge is -2.18. The fourth-order valence-electron chi connectivity index (χ4n) is 1.88. The molecule has 0 saturated carbocycles. The summed E-state index contributed by atoms with van der Waals surface area (Å²) in [6.07, 6.45) is -3.66. The molecule has 0 radical (unpaired) electrons. The molecule has 0 aromatic heterocycles. The van der Waals surface area contributed by atoms with Crippen molar-refractivity contribution >= 4 is 23.9 Å². The molecule has 6 N–H and O–H groups in total. The SMILES string of the molecule is CC(C)C(C(=O)O)C(O)C(=O)O.CC(C)C(C(=O)O)C(O)C(=O)O. The fourth-order valence-corrected chi connectivity index (χ4v) is 1.88. The van der Waals surface area contributed by atoms with Gasteiger partial charge in [-0.1, -0.05) is 27.7 Å². The third kappa shape index (κ3) is 7.88. The van der Waals surface area contributed by atoms with Crippen LogP contribution in [0.3, 0.4) is 0 Å². The van der Waals surface area contributed by atoms with E-state index in [-0.39, 0.29) is 0 Å². The van der Waals surface area contributed by atoms with Crippen LogP contribution in [0, 0.1) is 23.7 Å². The molecule has 140 valence electrons. The lowest BCUT2D eigenvalue weighted by molar-refractivity contribution is -0.161. The van der Waals surface area contributed by atoms with Crippen molar-refractivity contribution in [3.63, 3.8) is 0 Å². The molecule has 0 aromatic carbocycles. The first-order valence-electron chi connectivity index (χ1n) is 7.02. The van der Waals surface area contributed by atoms with Crippen LogP contribution in [0.4, 0.5) is 0 Å². The molecule has 0 heterocycles. The van der Waals surface area contributed by atoms with Gasteiger partial charge in [0.05, 0.1) is 11.8 Å². The lowest BCUT2D eigenvalue weighted by Crippen LogP contribution is -2.37. The molecule has 0 aliphatic carbocycles. The number of carbonyl (C=O) groups is 4. The zero-order valence-electron chi connectivity index (χ0n) is 13.8. The van der Waals surface area contributed by atoms with E-state index in [1.54, 1.807) is 27.7 Å². The third-order valence-electron chi connectivity index (χ3n) is 3.19. The maximum absolute atomic E-state index is 10.5. The normalized spacial score (nSPS) is 15.7. The molecule has 0 aromatic rings. The third-order valence-corrected chi connectivity index (χ3v) is 3.19.